The van der Waals surface area contributed by atoms with Gasteiger partial charge in [0.05, 0.1) is 10.2 Å². The summed E-state index contributed by atoms with van der Waals surface area (Å²) < 4.78 is 7.63. The third kappa shape index (κ3) is 2.72. The number of carbonyl (C=O) groups excluding carboxylic acids is 1. The Morgan fingerprint density at radius 1 is 1.21 bits per heavy atom. The predicted octanol–water partition coefficient (Wildman–Crippen LogP) is 5.67. The lowest BCUT2D eigenvalue weighted by Crippen LogP contribution is -2.10. The van der Waals surface area contributed by atoms with Gasteiger partial charge >= 0.3 is 0 Å². The Morgan fingerprint density at radius 2 is 2.04 bits per heavy atom. The van der Waals surface area contributed by atoms with Crippen molar-refractivity contribution in [2.24, 2.45) is 0 Å². The molecular formula is C18H13BrN2O2S. The first-order valence-electron chi connectivity index (χ1n) is 7.38. The maximum Gasteiger partial charge on any atom is 0.293 e. The number of halogens is 1. The predicted molar refractivity (Wildman–Crippen MR) is 101 cm³/mol. The largest absolute Gasteiger partial charge is 0.451 e. The van der Waals surface area contributed by atoms with Gasteiger partial charge in [0, 0.05) is 9.86 Å². The molecule has 4 aromatic rings. The first kappa shape index (κ1) is 15.4. The van der Waals surface area contributed by atoms with Gasteiger partial charge in [0.2, 0.25) is 0 Å². The minimum atomic E-state index is -0.296. The van der Waals surface area contributed by atoms with Crippen molar-refractivity contribution in [3.05, 3.63) is 57.8 Å². The van der Waals surface area contributed by atoms with E-state index in [4.69, 9.17) is 4.42 Å². The quantitative estimate of drug-likeness (QED) is 0.471. The smallest absolute Gasteiger partial charge is 0.293 e. The van der Waals surface area contributed by atoms with Gasteiger partial charge in [-0.2, -0.15) is 0 Å². The zero-order valence-corrected chi connectivity index (χ0v) is 15.4. The van der Waals surface area contributed by atoms with Gasteiger partial charge in [-0.05, 0) is 55.3 Å². The van der Waals surface area contributed by atoms with Crippen molar-refractivity contribution in [1.82, 2.24) is 4.98 Å². The van der Waals surface area contributed by atoms with Gasteiger partial charge in [-0.15, -0.1) is 0 Å². The van der Waals surface area contributed by atoms with E-state index in [0.717, 1.165) is 25.6 Å². The lowest BCUT2D eigenvalue weighted by molar-refractivity contribution is 0.0998. The second-order valence-corrected chi connectivity index (χ2v) is 7.64. The van der Waals surface area contributed by atoms with Gasteiger partial charge in [0.15, 0.2) is 10.9 Å². The molecule has 0 radical (unpaired) electrons. The lowest BCUT2D eigenvalue weighted by Gasteiger charge is -1.97. The number of hydrogen-bond acceptors (Lipinski definition) is 4. The number of aryl methyl sites for hydroxylation is 2. The minimum absolute atomic E-state index is 0.273. The van der Waals surface area contributed by atoms with Crippen LogP contribution in [0.2, 0.25) is 0 Å². The molecule has 120 valence electrons. The molecule has 2 heterocycles. The summed E-state index contributed by atoms with van der Waals surface area (Å²) in [6.07, 6.45) is 0. The van der Waals surface area contributed by atoms with E-state index in [2.05, 4.69) is 45.3 Å². The van der Waals surface area contributed by atoms with Crippen LogP contribution in [0.3, 0.4) is 0 Å². The second kappa shape index (κ2) is 5.72. The van der Waals surface area contributed by atoms with Gasteiger partial charge in [0.1, 0.15) is 5.58 Å². The van der Waals surface area contributed by atoms with Crippen LogP contribution in [0.1, 0.15) is 21.7 Å². The first-order valence-corrected chi connectivity index (χ1v) is 8.99. The molecule has 0 aliphatic rings. The summed E-state index contributed by atoms with van der Waals surface area (Å²) in [6.45, 7) is 4.08. The fourth-order valence-electron chi connectivity index (χ4n) is 2.71. The summed E-state index contributed by atoms with van der Waals surface area (Å²) in [5, 5.41) is 4.29. The number of amides is 1. The molecule has 0 fully saturated rings. The van der Waals surface area contributed by atoms with E-state index in [1.54, 1.807) is 6.07 Å². The highest BCUT2D eigenvalue weighted by Crippen LogP contribution is 2.30. The molecule has 2 aromatic carbocycles. The van der Waals surface area contributed by atoms with E-state index in [1.165, 1.54) is 16.9 Å². The molecule has 0 saturated heterocycles. The minimum Gasteiger partial charge on any atom is -0.451 e. The van der Waals surface area contributed by atoms with Crippen LogP contribution in [0.15, 0.2) is 45.3 Å². The molecule has 1 N–H and O–H groups in total. The van der Waals surface area contributed by atoms with E-state index < -0.39 is 0 Å². The summed E-state index contributed by atoms with van der Waals surface area (Å²) in [7, 11) is 0. The number of furan rings is 1. The number of anilines is 1. The number of aromatic nitrogens is 1. The summed E-state index contributed by atoms with van der Waals surface area (Å²) in [5.41, 5.74) is 3.90. The van der Waals surface area contributed by atoms with Gasteiger partial charge < -0.3 is 4.42 Å². The van der Waals surface area contributed by atoms with Crippen LogP contribution >= 0.6 is 27.3 Å². The highest BCUT2D eigenvalue weighted by atomic mass is 79.9. The van der Waals surface area contributed by atoms with Crippen LogP contribution in [0.25, 0.3) is 21.2 Å². The van der Waals surface area contributed by atoms with Crippen molar-refractivity contribution in [3.8, 4) is 0 Å². The van der Waals surface area contributed by atoms with Crippen molar-refractivity contribution >= 4 is 59.5 Å². The Hall–Kier alpha value is -2.18. The fourth-order valence-corrected chi connectivity index (χ4v) is 4.12. The zero-order chi connectivity index (χ0) is 16.8. The topological polar surface area (TPSA) is 55.1 Å². The van der Waals surface area contributed by atoms with E-state index >= 15 is 0 Å². The molecular weight excluding hydrogens is 388 g/mol. The molecule has 1 amide bonds. The number of hydrogen-bond donors (Lipinski definition) is 1. The van der Waals surface area contributed by atoms with Crippen LogP contribution < -0.4 is 5.32 Å². The average Bonchev–Trinajstić information content (AvgIpc) is 3.10. The molecule has 0 bridgehead atoms. The van der Waals surface area contributed by atoms with E-state index in [9.17, 15) is 4.79 Å². The normalized spacial score (nSPS) is 11.3. The number of benzene rings is 2. The standard InChI is InChI=1S/C18H13BrN2O2S/c1-9-5-10(2)16-15(6-9)24-18(20-16)21-17(22)14-8-11-7-12(19)3-4-13(11)23-14/h3-8H,1-2H3,(H,20,21,22). The molecule has 2 aromatic heterocycles. The third-order valence-electron chi connectivity index (χ3n) is 3.75. The maximum atomic E-state index is 12.4. The van der Waals surface area contributed by atoms with Crippen LogP contribution in [-0.4, -0.2) is 10.9 Å². The van der Waals surface area contributed by atoms with Crippen LogP contribution in [0.4, 0.5) is 5.13 Å². The first-order chi connectivity index (χ1) is 11.5. The van der Waals surface area contributed by atoms with Crippen molar-refractivity contribution in [1.29, 1.82) is 0 Å². The monoisotopic (exact) mass is 400 g/mol. The van der Waals surface area contributed by atoms with Gasteiger partial charge in [-0.3, -0.25) is 10.1 Å². The summed E-state index contributed by atoms with van der Waals surface area (Å²) >= 11 is 4.88. The van der Waals surface area contributed by atoms with Crippen molar-refractivity contribution < 1.29 is 9.21 Å². The van der Waals surface area contributed by atoms with E-state index in [-0.39, 0.29) is 11.7 Å². The van der Waals surface area contributed by atoms with E-state index in [1.807, 2.05) is 25.1 Å². The molecule has 4 rings (SSSR count). The number of nitrogens with zero attached hydrogens (tertiary/aromatic N) is 1. The highest BCUT2D eigenvalue weighted by molar-refractivity contribution is 9.10. The lowest BCUT2D eigenvalue weighted by atomic mass is 10.1. The van der Waals surface area contributed by atoms with Crippen molar-refractivity contribution in [2.45, 2.75) is 13.8 Å². The van der Waals surface area contributed by atoms with Crippen LogP contribution in [0.5, 0.6) is 0 Å². The van der Waals surface area contributed by atoms with Gasteiger partial charge in [0.25, 0.3) is 5.91 Å². The molecule has 24 heavy (non-hydrogen) atoms. The number of carbonyl (C=O) groups is 1. The second-order valence-electron chi connectivity index (χ2n) is 5.69. The summed E-state index contributed by atoms with van der Waals surface area (Å²) in [4.78, 5) is 17.0. The summed E-state index contributed by atoms with van der Waals surface area (Å²) in [6, 6.07) is 11.5. The Morgan fingerprint density at radius 3 is 2.88 bits per heavy atom. The van der Waals surface area contributed by atoms with Gasteiger partial charge in [-0.25, -0.2) is 4.98 Å². The van der Waals surface area contributed by atoms with Gasteiger partial charge in [-0.1, -0.05) is 33.3 Å². The number of nitrogens with one attached hydrogen (secondary N) is 1. The molecule has 0 aliphatic heterocycles. The molecule has 0 saturated carbocycles. The molecule has 0 spiro atoms. The molecule has 6 heteroatoms. The maximum absolute atomic E-state index is 12.4. The Labute approximate surface area is 150 Å². The van der Waals surface area contributed by atoms with E-state index in [0.29, 0.717) is 10.7 Å². The molecule has 4 nitrogen and oxygen atoms in total. The number of rotatable bonds is 2. The SMILES string of the molecule is Cc1cc(C)c2nc(NC(=O)c3cc4cc(Br)ccc4o3)sc2c1. The number of thiazole rings is 1. The molecule has 0 atom stereocenters. The highest BCUT2D eigenvalue weighted by Gasteiger charge is 2.15. The Bertz CT molecular complexity index is 1100. The third-order valence-corrected chi connectivity index (χ3v) is 5.16. The Balaban J connectivity index is 1.66. The summed E-state index contributed by atoms with van der Waals surface area (Å²) in [5.74, 6) is -0.0222. The van der Waals surface area contributed by atoms with Crippen LogP contribution in [-0.2, 0) is 0 Å². The average molecular weight is 401 g/mol. The number of fused-ring (bicyclic) bond motifs is 2. The zero-order valence-electron chi connectivity index (χ0n) is 13.0. The Kier molecular flexibility index (Phi) is 3.66. The molecule has 0 aliphatic carbocycles. The van der Waals surface area contributed by atoms with Crippen molar-refractivity contribution in [3.63, 3.8) is 0 Å². The van der Waals surface area contributed by atoms with Crippen LogP contribution in [0, 0.1) is 13.8 Å². The van der Waals surface area contributed by atoms with Crippen molar-refractivity contribution in [2.75, 3.05) is 5.32 Å². The molecule has 0 unspecified atom stereocenters. The fraction of sp³-hybridized carbons (Fsp3) is 0.111.